The van der Waals surface area contributed by atoms with Crippen molar-refractivity contribution in [3.63, 3.8) is 0 Å². The van der Waals surface area contributed by atoms with Crippen LogP contribution in [0.4, 0.5) is 0 Å². The molecule has 4 aliphatic carbocycles. The Hall–Kier alpha value is -0.870. The maximum Gasteiger partial charge on any atom is 0.306 e. The summed E-state index contributed by atoms with van der Waals surface area (Å²) in [4.78, 5) is 12.9. The van der Waals surface area contributed by atoms with Gasteiger partial charge in [0.25, 0.3) is 0 Å². The van der Waals surface area contributed by atoms with Crippen molar-refractivity contribution in [2.24, 2.45) is 52.1 Å². The molecule has 4 nitrogen and oxygen atoms in total. The number of hydrogen-bond donors (Lipinski definition) is 2. The summed E-state index contributed by atoms with van der Waals surface area (Å²) in [6, 6.07) is 0. The minimum Gasteiger partial charge on any atom is -0.461 e. The molecule has 0 radical (unpaired) electrons. The second-order valence-corrected chi connectivity index (χ2v) is 14.3. The van der Waals surface area contributed by atoms with Crippen molar-refractivity contribution in [2.75, 3.05) is 6.54 Å². The average molecular weight is 516 g/mol. The molecule has 1 unspecified atom stereocenters. The van der Waals surface area contributed by atoms with Crippen LogP contribution in [-0.2, 0) is 9.53 Å². The van der Waals surface area contributed by atoms with Crippen LogP contribution in [0.5, 0.6) is 0 Å². The van der Waals surface area contributed by atoms with Gasteiger partial charge in [0.05, 0.1) is 6.10 Å². The predicted octanol–water partition coefficient (Wildman–Crippen LogP) is 7.43. The van der Waals surface area contributed by atoms with Crippen LogP contribution in [0.2, 0.25) is 0 Å². The summed E-state index contributed by atoms with van der Waals surface area (Å²) in [5.74, 6) is 4.39. The zero-order valence-corrected chi connectivity index (χ0v) is 24.6. The van der Waals surface area contributed by atoms with Gasteiger partial charge in [-0.25, -0.2) is 0 Å². The van der Waals surface area contributed by atoms with E-state index in [1.807, 2.05) is 0 Å². The zero-order chi connectivity index (χ0) is 26.8. The van der Waals surface area contributed by atoms with E-state index in [-0.39, 0.29) is 17.5 Å². The maximum absolute atomic E-state index is 12.9. The molecule has 0 heterocycles. The van der Waals surface area contributed by atoms with Gasteiger partial charge in [-0.2, -0.15) is 0 Å². The van der Waals surface area contributed by atoms with E-state index in [4.69, 9.17) is 10.5 Å². The number of carbonyl (C=O) groups is 1. The van der Waals surface area contributed by atoms with Crippen molar-refractivity contribution in [1.29, 1.82) is 0 Å². The van der Waals surface area contributed by atoms with Crippen LogP contribution in [0.25, 0.3) is 0 Å². The fraction of sp³-hybridized carbons (Fsp3) is 0.909. The Morgan fingerprint density at radius 1 is 1.08 bits per heavy atom. The number of unbranched alkanes of at least 4 members (excludes halogenated alkanes) is 2. The van der Waals surface area contributed by atoms with Crippen molar-refractivity contribution in [3.8, 4) is 0 Å². The van der Waals surface area contributed by atoms with Crippen molar-refractivity contribution in [2.45, 2.75) is 137 Å². The molecule has 0 spiro atoms. The van der Waals surface area contributed by atoms with Gasteiger partial charge in [-0.15, -0.1) is 0 Å². The average Bonchev–Trinajstić information content (AvgIpc) is 3.20. The molecule has 212 valence electrons. The van der Waals surface area contributed by atoms with Gasteiger partial charge < -0.3 is 15.6 Å². The number of aliphatic hydroxyl groups excluding tert-OH is 1. The van der Waals surface area contributed by atoms with Crippen LogP contribution >= 0.6 is 0 Å². The van der Waals surface area contributed by atoms with Gasteiger partial charge in [-0.3, -0.25) is 4.79 Å². The minimum absolute atomic E-state index is 0.0874. The number of esters is 1. The van der Waals surface area contributed by atoms with Crippen LogP contribution in [0, 0.1) is 46.3 Å². The quantitative estimate of drug-likeness (QED) is 0.170. The normalized spacial score (nSPS) is 39.9. The lowest BCUT2D eigenvalue weighted by Crippen LogP contribution is -2.56. The fourth-order valence-corrected chi connectivity index (χ4v) is 9.68. The van der Waals surface area contributed by atoms with Crippen LogP contribution < -0.4 is 5.73 Å². The molecule has 0 aliphatic heterocycles. The summed E-state index contributed by atoms with van der Waals surface area (Å²) < 4.78 is 6.25. The van der Waals surface area contributed by atoms with Gasteiger partial charge >= 0.3 is 5.97 Å². The van der Waals surface area contributed by atoms with Gasteiger partial charge in [0.2, 0.25) is 0 Å². The van der Waals surface area contributed by atoms with Crippen molar-refractivity contribution in [1.82, 2.24) is 0 Å². The van der Waals surface area contributed by atoms with E-state index in [1.165, 1.54) is 50.5 Å². The third-order valence-corrected chi connectivity index (χ3v) is 11.7. The highest BCUT2D eigenvalue weighted by Gasteiger charge is 2.61. The first-order chi connectivity index (χ1) is 17.6. The molecule has 0 saturated heterocycles. The Labute approximate surface area is 227 Å². The molecule has 0 aromatic carbocycles. The van der Waals surface area contributed by atoms with Gasteiger partial charge in [-0.1, -0.05) is 72.0 Å². The molecule has 0 bridgehead atoms. The lowest BCUT2D eigenvalue weighted by Gasteiger charge is -2.60. The SMILES string of the molecule is CC(C)CCC[C@@H](C)[C@H]1CC[C@H]2[C@@H]3CC=C4C[C@H](O)CC(OC(=O)CCCCCN)[C@]4(C)[C@H]3CC[C@]12C. The predicted molar refractivity (Wildman–Crippen MR) is 152 cm³/mol. The molecule has 0 aromatic rings. The largest absolute Gasteiger partial charge is 0.461 e. The molecular formula is C33H57NO3. The van der Waals surface area contributed by atoms with Gasteiger partial charge in [0, 0.05) is 18.3 Å². The molecule has 3 N–H and O–H groups in total. The first kappa shape index (κ1) is 29.1. The number of carbonyl (C=O) groups excluding carboxylic acids is 1. The van der Waals surface area contributed by atoms with E-state index in [0.29, 0.717) is 36.6 Å². The molecule has 3 saturated carbocycles. The Kier molecular flexibility index (Phi) is 9.53. The first-order valence-corrected chi connectivity index (χ1v) is 15.9. The Morgan fingerprint density at radius 2 is 1.86 bits per heavy atom. The summed E-state index contributed by atoms with van der Waals surface area (Å²) in [7, 11) is 0. The monoisotopic (exact) mass is 515 g/mol. The molecule has 4 aliphatic rings. The fourth-order valence-electron chi connectivity index (χ4n) is 9.68. The Bertz CT molecular complexity index is 807. The Morgan fingerprint density at radius 3 is 2.59 bits per heavy atom. The van der Waals surface area contributed by atoms with E-state index in [9.17, 15) is 9.90 Å². The summed E-state index contributed by atoms with van der Waals surface area (Å²) in [5, 5.41) is 10.7. The highest BCUT2D eigenvalue weighted by Crippen LogP contribution is 2.67. The lowest BCUT2D eigenvalue weighted by molar-refractivity contribution is -0.169. The van der Waals surface area contributed by atoms with Gasteiger partial charge in [0.1, 0.15) is 6.10 Å². The molecule has 37 heavy (non-hydrogen) atoms. The van der Waals surface area contributed by atoms with E-state index >= 15 is 0 Å². The van der Waals surface area contributed by atoms with Crippen LogP contribution in [0.3, 0.4) is 0 Å². The summed E-state index contributed by atoms with van der Waals surface area (Å²) in [6.45, 7) is 12.9. The number of allylic oxidation sites excluding steroid dienone is 1. The molecule has 3 fully saturated rings. The molecule has 4 rings (SSSR count). The molecular weight excluding hydrogens is 458 g/mol. The summed E-state index contributed by atoms with van der Waals surface area (Å²) in [5.41, 5.74) is 7.31. The number of nitrogens with two attached hydrogens (primary N) is 1. The Balaban J connectivity index is 1.48. The lowest BCUT2D eigenvalue weighted by atomic mass is 9.46. The summed E-state index contributed by atoms with van der Waals surface area (Å²) >= 11 is 0. The summed E-state index contributed by atoms with van der Waals surface area (Å²) in [6.07, 6.45) is 17.0. The van der Waals surface area contributed by atoms with Gasteiger partial charge in [-0.05, 0) is 98.8 Å². The minimum atomic E-state index is -0.401. The third kappa shape index (κ3) is 5.86. The number of aliphatic hydroxyl groups is 1. The van der Waals surface area contributed by atoms with Crippen LogP contribution in [0.1, 0.15) is 125 Å². The van der Waals surface area contributed by atoms with E-state index in [2.05, 4.69) is 40.7 Å². The first-order valence-electron chi connectivity index (χ1n) is 15.9. The topological polar surface area (TPSA) is 72.5 Å². The molecule has 9 atom stereocenters. The highest BCUT2D eigenvalue weighted by molar-refractivity contribution is 5.69. The van der Waals surface area contributed by atoms with Crippen molar-refractivity contribution in [3.05, 3.63) is 11.6 Å². The number of rotatable bonds is 11. The smallest absolute Gasteiger partial charge is 0.306 e. The van der Waals surface area contributed by atoms with Crippen LogP contribution in [0.15, 0.2) is 11.6 Å². The highest BCUT2D eigenvalue weighted by atomic mass is 16.5. The van der Waals surface area contributed by atoms with E-state index in [1.54, 1.807) is 0 Å². The van der Waals surface area contributed by atoms with Crippen molar-refractivity contribution < 1.29 is 14.6 Å². The number of hydrogen-bond acceptors (Lipinski definition) is 4. The molecule has 0 amide bonds. The van der Waals surface area contributed by atoms with Gasteiger partial charge in [0.15, 0.2) is 0 Å². The van der Waals surface area contributed by atoms with E-state index < -0.39 is 6.10 Å². The van der Waals surface area contributed by atoms with Crippen LogP contribution in [-0.4, -0.2) is 29.8 Å². The molecule has 0 aromatic heterocycles. The molecule has 4 heteroatoms. The maximum atomic E-state index is 12.9. The second-order valence-electron chi connectivity index (χ2n) is 14.3. The number of ether oxygens (including phenoxy) is 1. The standard InChI is InChI=1S/C33H57NO3/c1-22(2)10-9-11-23(3)27-15-16-28-26-14-13-24-20-25(35)21-30(37-31(36)12-7-6-8-19-34)33(24,5)29(26)17-18-32(27,28)4/h13,22-23,25-30,35H,6-12,14-21,34H2,1-5H3/t23-,25+,26+,27-,28+,29+,30?,32-,33+/m1/s1. The zero-order valence-electron chi connectivity index (χ0n) is 24.6. The number of fused-ring (bicyclic) bond motifs is 5. The van der Waals surface area contributed by atoms with E-state index in [0.717, 1.165) is 55.8 Å². The van der Waals surface area contributed by atoms with Crippen molar-refractivity contribution >= 4 is 5.97 Å². The third-order valence-electron chi connectivity index (χ3n) is 11.7. The second kappa shape index (κ2) is 12.1.